The second-order valence-corrected chi connectivity index (χ2v) is 3.32. The van der Waals surface area contributed by atoms with Gasteiger partial charge in [-0.3, -0.25) is 4.68 Å². The molecule has 0 aliphatic heterocycles. The minimum absolute atomic E-state index is 0.586. The SMILES string of the molecule is Cn1cc(C=CCCBr)c(N)n1. The maximum atomic E-state index is 5.63. The molecular formula is C8H12BrN3. The van der Waals surface area contributed by atoms with Crippen molar-refractivity contribution in [3.05, 3.63) is 17.8 Å². The highest BCUT2D eigenvalue weighted by molar-refractivity contribution is 9.09. The summed E-state index contributed by atoms with van der Waals surface area (Å²) in [6.45, 7) is 0. The number of aromatic nitrogens is 2. The Morgan fingerprint density at radius 1 is 1.75 bits per heavy atom. The van der Waals surface area contributed by atoms with Crippen molar-refractivity contribution in [3.8, 4) is 0 Å². The molecule has 0 atom stereocenters. The van der Waals surface area contributed by atoms with Gasteiger partial charge in [-0.05, 0) is 6.42 Å². The standard InChI is InChI=1S/C8H12BrN3/c1-12-6-7(8(10)11-12)4-2-3-5-9/h2,4,6H,3,5H2,1H3,(H2,10,11). The Hall–Kier alpha value is -0.770. The molecule has 0 aliphatic carbocycles. The molecule has 0 spiro atoms. The van der Waals surface area contributed by atoms with E-state index in [1.165, 1.54) is 0 Å². The third-order valence-electron chi connectivity index (χ3n) is 1.46. The second kappa shape index (κ2) is 4.30. The van der Waals surface area contributed by atoms with Gasteiger partial charge >= 0.3 is 0 Å². The molecule has 0 saturated heterocycles. The Bertz CT molecular complexity index is 278. The first-order valence-corrected chi connectivity index (χ1v) is 4.88. The molecule has 12 heavy (non-hydrogen) atoms. The van der Waals surface area contributed by atoms with Crippen molar-refractivity contribution in [2.24, 2.45) is 7.05 Å². The predicted molar refractivity (Wildman–Crippen MR) is 55.1 cm³/mol. The first-order valence-electron chi connectivity index (χ1n) is 3.75. The molecule has 1 aromatic rings. The number of allylic oxidation sites excluding steroid dienone is 1. The fourth-order valence-corrected chi connectivity index (χ4v) is 1.19. The number of nitrogens with zero attached hydrogens (tertiary/aromatic N) is 2. The van der Waals surface area contributed by atoms with Crippen LogP contribution in [-0.2, 0) is 7.05 Å². The van der Waals surface area contributed by atoms with Gasteiger partial charge in [-0.25, -0.2) is 0 Å². The number of aryl methyl sites for hydroxylation is 1. The Morgan fingerprint density at radius 2 is 2.50 bits per heavy atom. The molecule has 0 aliphatic rings. The summed E-state index contributed by atoms with van der Waals surface area (Å²) in [6.07, 6.45) is 6.97. The van der Waals surface area contributed by atoms with Crippen LogP contribution in [0.1, 0.15) is 12.0 Å². The maximum absolute atomic E-state index is 5.63. The monoisotopic (exact) mass is 229 g/mol. The van der Waals surface area contributed by atoms with Crippen LogP contribution in [0.2, 0.25) is 0 Å². The molecule has 0 unspecified atom stereocenters. The molecule has 1 heterocycles. The molecule has 4 heteroatoms. The van der Waals surface area contributed by atoms with Gasteiger partial charge < -0.3 is 5.73 Å². The molecule has 0 bridgehead atoms. The Morgan fingerprint density at radius 3 is 3.00 bits per heavy atom. The molecule has 66 valence electrons. The van der Waals surface area contributed by atoms with Gasteiger partial charge in [0.15, 0.2) is 5.82 Å². The van der Waals surface area contributed by atoms with Gasteiger partial charge in [0.1, 0.15) is 0 Å². The van der Waals surface area contributed by atoms with Gasteiger partial charge in [0.05, 0.1) is 0 Å². The van der Waals surface area contributed by atoms with Gasteiger partial charge in [-0.15, -0.1) is 0 Å². The van der Waals surface area contributed by atoms with E-state index < -0.39 is 0 Å². The van der Waals surface area contributed by atoms with Crippen molar-refractivity contribution in [1.29, 1.82) is 0 Å². The summed E-state index contributed by atoms with van der Waals surface area (Å²) in [6, 6.07) is 0. The fraction of sp³-hybridized carbons (Fsp3) is 0.375. The van der Waals surface area contributed by atoms with Gasteiger partial charge in [-0.1, -0.05) is 28.1 Å². The smallest absolute Gasteiger partial charge is 0.152 e. The molecule has 2 N–H and O–H groups in total. The van der Waals surface area contributed by atoms with E-state index in [1.54, 1.807) is 4.68 Å². The lowest BCUT2D eigenvalue weighted by atomic mass is 10.3. The predicted octanol–water partition coefficient (Wildman–Crippen LogP) is 1.80. The highest BCUT2D eigenvalue weighted by Gasteiger charge is 1.97. The highest BCUT2D eigenvalue weighted by Crippen LogP contribution is 2.10. The summed E-state index contributed by atoms with van der Waals surface area (Å²) < 4.78 is 1.71. The van der Waals surface area contributed by atoms with Gasteiger partial charge in [0, 0.05) is 24.1 Å². The van der Waals surface area contributed by atoms with Gasteiger partial charge in [0.2, 0.25) is 0 Å². The Kier molecular flexibility index (Phi) is 3.34. The van der Waals surface area contributed by atoms with E-state index in [0.29, 0.717) is 5.82 Å². The van der Waals surface area contributed by atoms with E-state index in [0.717, 1.165) is 17.3 Å². The van der Waals surface area contributed by atoms with Crippen molar-refractivity contribution in [1.82, 2.24) is 9.78 Å². The number of alkyl halides is 1. The van der Waals surface area contributed by atoms with Crippen LogP contribution in [0.15, 0.2) is 12.3 Å². The third-order valence-corrected chi connectivity index (χ3v) is 1.92. The number of anilines is 1. The number of nitrogens with two attached hydrogens (primary N) is 1. The fourth-order valence-electron chi connectivity index (χ4n) is 0.926. The summed E-state index contributed by atoms with van der Waals surface area (Å²) in [5, 5.41) is 5.00. The van der Waals surface area contributed by atoms with Crippen LogP contribution < -0.4 is 5.73 Å². The Labute approximate surface area is 80.4 Å². The summed E-state index contributed by atoms with van der Waals surface area (Å²) in [4.78, 5) is 0. The van der Waals surface area contributed by atoms with E-state index in [-0.39, 0.29) is 0 Å². The van der Waals surface area contributed by atoms with Crippen molar-refractivity contribution in [2.75, 3.05) is 11.1 Å². The first-order chi connectivity index (χ1) is 5.74. The van der Waals surface area contributed by atoms with Crippen molar-refractivity contribution in [3.63, 3.8) is 0 Å². The van der Waals surface area contributed by atoms with Crippen LogP contribution in [0, 0.1) is 0 Å². The molecule has 0 amide bonds. The normalized spacial score (nSPS) is 11.2. The lowest BCUT2D eigenvalue weighted by Gasteiger charge is -1.86. The Balaban J connectivity index is 2.68. The van der Waals surface area contributed by atoms with E-state index in [1.807, 2.05) is 19.3 Å². The summed E-state index contributed by atoms with van der Waals surface area (Å²) in [5.41, 5.74) is 6.61. The van der Waals surface area contributed by atoms with Crippen LogP contribution in [-0.4, -0.2) is 15.1 Å². The number of hydrogen-bond donors (Lipinski definition) is 1. The van der Waals surface area contributed by atoms with Crippen molar-refractivity contribution < 1.29 is 0 Å². The molecular weight excluding hydrogens is 218 g/mol. The lowest BCUT2D eigenvalue weighted by molar-refractivity contribution is 0.772. The van der Waals surface area contributed by atoms with Crippen LogP contribution in [0.5, 0.6) is 0 Å². The number of hydrogen-bond acceptors (Lipinski definition) is 2. The summed E-state index contributed by atoms with van der Waals surface area (Å²) in [7, 11) is 1.86. The summed E-state index contributed by atoms with van der Waals surface area (Å²) >= 11 is 3.34. The summed E-state index contributed by atoms with van der Waals surface area (Å²) in [5.74, 6) is 0.586. The van der Waals surface area contributed by atoms with E-state index in [4.69, 9.17) is 5.73 Å². The molecule has 0 fully saturated rings. The quantitative estimate of drug-likeness (QED) is 0.804. The largest absolute Gasteiger partial charge is 0.382 e. The lowest BCUT2D eigenvalue weighted by Crippen LogP contribution is -1.90. The van der Waals surface area contributed by atoms with Crippen LogP contribution in [0.25, 0.3) is 6.08 Å². The minimum atomic E-state index is 0.586. The first kappa shape index (κ1) is 9.32. The zero-order valence-corrected chi connectivity index (χ0v) is 8.58. The van der Waals surface area contributed by atoms with E-state index in [9.17, 15) is 0 Å². The number of halogens is 1. The molecule has 0 aromatic carbocycles. The minimum Gasteiger partial charge on any atom is -0.382 e. The van der Waals surface area contributed by atoms with Crippen LogP contribution in [0.3, 0.4) is 0 Å². The van der Waals surface area contributed by atoms with Crippen molar-refractivity contribution >= 4 is 27.8 Å². The molecule has 0 radical (unpaired) electrons. The van der Waals surface area contributed by atoms with Gasteiger partial charge in [0.25, 0.3) is 0 Å². The highest BCUT2D eigenvalue weighted by atomic mass is 79.9. The zero-order valence-electron chi connectivity index (χ0n) is 7.00. The van der Waals surface area contributed by atoms with Crippen LogP contribution >= 0.6 is 15.9 Å². The topological polar surface area (TPSA) is 43.8 Å². The van der Waals surface area contributed by atoms with E-state index in [2.05, 4.69) is 27.1 Å². The average molecular weight is 230 g/mol. The van der Waals surface area contributed by atoms with Crippen molar-refractivity contribution in [2.45, 2.75) is 6.42 Å². The molecule has 3 nitrogen and oxygen atoms in total. The van der Waals surface area contributed by atoms with Crippen LogP contribution in [0.4, 0.5) is 5.82 Å². The number of nitrogen functional groups attached to an aromatic ring is 1. The molecule has 1 aromatic heterocycles. The second-order valence-electron chi connectivity index (χ2n) is 2.52. The van der Waals surface area contributed by atoms with E-state index >= 15 is 0 Å². The molecule has 0 saturated carbocycles. The molecule has 1 rings (SSSR count). The van der Waals surface area contributed by atoms with Gasteiger partial charge in [-0.2, -0.15) is 5.10 Å². The zero-order chi connectivity index (χ0) is 8.97. The number of rotatable bonds is 3. The maximum Gasteiger partial charge on any atom is 0.152 e. The average Bonchev–Trinajstić information content (AvgIpc) is 2.31. The third kappa shape index (κ3) is 2.37.